The van der Waals surface area contributed by atoms with Crippen LogP contribution in [0.5, 0.6) is 0 Å². The molecule has 0 radical (unpaired) electrons. The molecule has 0 saturated carbocycles. The van der Waals surface area contributed by atoms with Crippen molar-refractivity contribution in [2.45, 2.75) is 491 Å². The number of aliphatic hydroxyl groups excluding tert-OH is 1. The fourth-order valence-electron chi connectivity index (χ4n) is 13.9. The summed E-state index contributed by atoms with van der Waals surface area (Å²) < 4.78 is 69.0. The zero-order valence-electron chi connectivity index (χ0n) is 71.3. The van der Waals surface area contributed by atoms with Crippen LogP contribution in [0.25, 0.3) is 0 Å². The first-order valence-corrected chi connectivity index (χ1v) is 48.9. The van der Waals surface area contributed by atoms with Gasteiger partial charge in [-0.05, 0) is 43.4 Å². The molecule has 0 amide bonds. The van der Waals surface area contributed by atoms with Gasteiger partial charge in [0.05, 0.1) is 26.4 Å². The number of ether oxygens (including phenoxy) is 4. The average molecular weight is 1580 g/mol. The van der Waals surface area contributed by atoms with Crippen molar-refractivity contribution in [3.8, 4) is 0 Å². The van der Waals surface area contributed by atoms with Gasteiger partial charge in [0.1, 0.15) is 19.3 Å². The number of carbonyl (C=O) groups excluding carboxylic acids is 4. The minimum absolute atomic E-state index is 0.108. The lowest BCUT2D eigenvalue weighted by Crippen LogP contribution is -2.30. The number of hydrogen-bond donors (Lipinski definition) is 3. The van der Waals surface area contributed by atoms with Crippen LogP contribution in [0.2, 0.25) is 0 Å². The van der Waals surface area contributed by atoms with Crippen molar-refractivity contribution in [2.75, 3.05) is 39.6 Å². The molecule has 19 heteroatoms. The van der Waals surface area contributed by atoms with E-state index in [0.29, 0.717) is 31.6 Å². The fraction of sp³-hybridized carbons (Fsp3) is 0.955. The Morgan fingerprint density at radius 1 is 0.269 bits per heavy atom. The van der Waals surface area contributed by atoms with Crippen LogP contribution >= 0.6 is 15.6 Å². The second-order valence-corrected chi connectivity index (χ2v) is 36.1. The van der Waals surface area contributed by atoms with E-state index in [0.717, 1.165) is 108 Å². The number of aliphatic hydroxyl groups is 1. The summed E-state index contributed by atoms with van der Waals surface area (Å²) in [5, 5.41) is 10.7. The summed E-state index contributed by atoms with van der Waals surface area (Å²) in [5.74, 6) is 0.280. The van der Waals surface area contributed by atoms with Crippen molar-refractivity contribution < 1.29 is 80.2 Å². The molecule has 6 atom stereocenters. The SMILES string of the molecule is CCCCCCCCCCCCCCCCCCCCC(=O)O[C@H](COC(=O)CCCCCCCCCC(C)C)COP(=O)(O)OC[C@H](O)COP(=O)(O)OC[C@@H](COC(=O)CCCCCCCCCCCCCCCCCC(C)C)OC(=O)CCCCCCCCCCCCCCCCCCCCC(C)CC. The van der Waals surface area contributed by atoms with Crippen LogP contribution in [-0.4, -0.2) is 96.7 Å². The second-order valence-electron chi connectivity index (χ2n) is 33.2. The number of hydrogen-bond acceptors (Lipinski definition) is 15. The average Bonchev–Trinajstić information content (AvgIpc) is 0.900. The predicted octanol–water partition coefficient (Wildman–Crippen LogP) is 27.3. The van der Waals surface area contributed by atoms with Gasteiger partial charge in [-0.3, -0.25) is 37.3 Å². The number of carbonyl (C=O) groups is 4. The van der Waals surface area contributed by atoms with Crippen LogP contribution in [0, 0.1) is 17.8 Å². The van der Waals surface area contributed by atoms with Crippen LogP contribution in [0.1, 0.15) is 472 Å². The largest absolute Gasteiger partial charge is 0.472 e. The lowest BCUT2D eigenvalue weighted by atomic mass is 9.99. The molecule has 3 N–H and O–H groups in total. The molecule has 3 unspecified atom stereocenters. The van der Waals surface area contributed by atoms with Crippen molar-refractivity contribution >= 4 is 39.5 Å². The minimum atomic E-state index is -4.97. The highest BCUT2D eigenvalue weighted by molar-refractivity contribution is 7.47. The number of rotatable bonds is 87. The molecule has 17 nitrogen and oxygen atoms in total. The van der Waals surface area contributed by atoms with Gasteiger partial charge in [0.15, 0.2) is 12.2 Å². The summed E-state index contributed by atoms with van der Waals surface area (Å²) in [4.78, 5) is 73.3. The Hall–Kier alpha value is -1.94. The van der Waals surface area contributed by atoms with E-state index in [4.69, 9.17) is 37.0 Å². The summed E-state index contributed by atoms with van der Waals surface area (Å²) in [6, 6.07) is 0. The Kier molecular flexibility index (Phi) is 77.5. The Balaban J connectivity index is 5.22. The van der Waals surface area contributed by atoms with E-state index in [9.17, 15) is 43.2 Å². The lowest BCUT2D eigenvalue weighted by Gasteiger charge is -2.21. The Morgan fingerprint density at radius 2 is 0.472 bits per heavy atom. The van der Waals surface area contributed by atoms with Crippen LogP contribution in [-0.2, 0) is 65.4 Å². The molecular weight excluding hydrogens is 1400 g/mol. The van der Waals surface area contributed by atoms with Crippen molar-refractivity contribution in [3.05, 3.63) is 0 Å². The smallest absolute Gasteiger partial charge is 0.462 e. The molecule has 0 spiro atoms. The molecule has 0 aromatic rings. The lowest BCUT2D eigenvalue weighted by molar-refractivity contribution is -0.161. The molecule has 0 aliphatic rings. The van der Waals surface area contributed by atoms with E-state index < -0.39 is 97.5 Å². The van der Waals surface area contributed by atoms with Crippen LogP contribution < -0.4 is 0 Å². The molecule has 0 aliphatic heterocycles. The van der Waals surface area contributed by atoms with Gasteiger partial charge < -0.3 is 33.8 Å². The first-order valence-electron chi connectivity index (χ1n) is 45.9. The highest BCUT2D eigenvalue weighted by Crippen LogP contribution is 2.45. The van der Waals surface area contributed by atoms with Gasteiger partial charge in [-0.2, -0.15) is 0 Å². The minimum Gasteiger partial charge on any atom is -0.462 e. The quantitative estimate of drug-likeness (QED) is 0.0222. The van der Waals surface area contributed by atoms with Crippen LogP contribution in [0.3, 0.4) is 0 Å². The van der Waals surface area contributed by atoms with E-state index in [2.05, 4.69) is 48.5 Å². The second kappa shape index (κ2) is 78.9. The molecule has 108 heavy (non-hydrogen) atoms. The van der Waals surface area contributed by atoms with Gasteiger partial charge in [0.2, 0.25) is 0 Å². The molecule has 0 aromatic heterocycles. The van der Waals surface area contributed by atoms with Gasteiger partial charge in [-0.25, -0.2) is 9.13 Å². The third-order valence-corrected chi connectivity index (χ3v) is 23.1. The molecular formula is C89H174O17P2. The topological polar surface area (TPSA) is 237 Å². The number of unbranched alkanes of at least 4 members (excludes halogenated alkanes) is 54. The van der Waals surface area contributed by atoms with E-state index in [-0.39, 0.29) is 25.7 Å². The highest BCUT2D eigenvalue weighted by atomic mass is 31.2. The van der Waals surface area contributed by atoms with Crippen molar-refractivity contribution in [2.24, 2.45) is 17.8 Å². The standard InChI is InChI=1S/C89H174O17P2/c1-8-10-11-12-13-14-15-16-17-18-22-27-33-38-43-50-58-66-73-89(94)106-85(77-100-87(92)71-64-57-52-45-47-54-61-68-81(5)6)79-104-108(97,98)102-75-83(90)74-101-107(95,96)103-78-84(76-99-86(91)70-63-56-49-42-37-32-29-24-25-30-35-40-46-53-60-67-80(3)4)105-88(93)72-65-59-51-44-39-34-28-23-20-19-21-26-31-36-41-48-55-62-69-82(7)9-2/h80-85,90H,8-79H2,1-7H3,(H,95,96)(H,97,98)/t82?,83-,84-,85-/m1/s1. The summed E-state index contributed by atoms with van der Waals surface area (Å²) in [5.41, 5.74) is 0. The Morgan fingerprint density at radius 3 is 0.704 bits per heavy atom. The molecule has 0 aromatic carbocycles. The van der Waals surface area contributed by atoms with Crippen molar-refractivity contribution in [1.82, 2.24) is 0 Å². The first-order chi connectivity index (χ1) is 52.3. The normalized spacial score (nSPS) is 14.1. The Bertz CT molecular complexity index is 2080. The Labute approximate surface area is 664 Å². The van der Waals surface area contributed by atoms with Gasteiger partial charge in [-0.1, -0.05) is 421 Å². The van der Waals surface area contributed by atoms with E-state index in [1.807, 2.05) is 0 Å². The van der Waals surface area contributed by atoms with Gasteiger partial charge in [0, 0.05) is 25.7 Å². The third kappa shape index (κ3) is 80.7. The maximum absolute atomic E-state index is 13.2. The van der Waals surface area contributed by atoms with Gasteiger partial charge in [0.25, 0.3) is 0 Å². The molecule has 0 aliphatic carbocycles. The molecule has 0 fully saturated rings. The van der Waals surface area contributed by atoms with Crippen molar-refractivity contribution in [1.29, 1.82) is 0 Å². The molecule has 0 heterocycles. The molecule has 642 valence electrons. The molecule has 0 bridgehead atoms. The third-order valence-electron chi connectivity index (χ3n) is 21.2. The van der Waals surface area contributed by atoms with Gasteiger partial charge in [-0.15, -0.1) is 0 Å². The molecule has 0 saturated heterocycles. The maximum Gasteiger partial charge on any atom is 0.472 e. The summed E-state index contributed by atoms with van der Waals surface area (Å²) >= 11 is 0. The summed E-state index contributed by atoms with van der Waals surface area (Å²) in [6.45, 7) is 12.0. The number of phosphoric ester groups is 2. The van der Waals surface area contributed by atoms with Gasteiger partial charge >= 0.3 is 39.5 Å². The molecule has 0 rings (SSSR count). The number of phosphoric acid groups is 2. The summed E-state index contributed by atoms with van der Waals surface area (Å²) in [7, 11) is -9.93. The fourth-order valence-corrected chi connectivity index (χ4v) is 15.4. The number of esters is 4. The zero-order valence-corrected chi connectivity index (χ0v) is 73.1. The van der Waals surface area contributed by atoms with Crippen LogP contribution in [0.4, 0.5) is 0 Å². The first kappa shape index (κ1) is 106. The van der Waals surface area contributed by atoms with E-state index >= 15 is 0 Å². The zero-order chi connectivity index (χ0) is 79.3. The monoisotopic (exact) mass is 1580 g/mol. The highest BCUT2D eigenvalue weighted by Gasteiger charge is 2.31. The van der Waals surface area contributed by atoms with E-state index in [1.165, 1.54) is 276 Å². The maximum atomic E-state index is 13.2. The van der Waals surface area contributed by atoms with E-state index in [1.54, 1.807) is 0 Å². The predicted molar refractivity (Wildman–Crippen MR) is 446 cm³/mol. The van der Waals surface area contributed by atoms with Crippen LogP contribution in [0.15, 0.2) is 0 Å². The van der Waals surface area contributed by atoms with Crippen molar-refractivity contribution in [3.63, 3.8) is 0 Å². The summed E-state index contributed by atoms with van der Waals surface area (Å²) in [6.07, 6.45) is 70.9.